The number of anilines is 2. The van der Waals surface area contributed by atoms with Crippen molar-refractivity contribution in [2.75, 3.05) is 5.32 Å². The third-order valence-corrected chi connectivity index (χ3v) is 5.37. The zero-order valence-electron chi connectivity index (χ0n) is 15.7. The summed E-state index contributed by atoms with van der Waals surface area (Å²) in [5.74, 6) is -0.159. The normalized spacial score (nSPS) is 11.9. The smallest absolute Gasteiger partial charge is 0.416 e. The molecule has 0 radical (unpaired) electrons. The first-order valence-electron chi connectivity index (χ1n) is 8.99. The van der Waals surface area contributed by atoms with E-state index in [1.54, 1.807) is 18.2 Å². The number of fused-ring (bicyclic) bond motifs is 2. The number of nitrogens with one attached hydrogen (secondary N) is 2. The summed E-state index contributed by atoms with van der Waals surface area (Å²) >= 11 is 7.02. The molecule has 6 nitrogen and oxygen atoms in total. The van der Waals surface area contributed by atoms with Gasteiger partial charge in [0.25, 0.3) is 0 Å². The Kier molecular flexibility index (Phi) is 4.86. The standard InChI is InChI=1S/C20H10ClF4N5OS/c21-12-5-9(20(23,24)25)6-16-18(12)28-19(27-16)26-10-1-4-17(13(22)7-10)31-11-2-3-14-15(8-11)30-32-29-14/h1-8H,(H2,26,27,28). The number of rotatable bonds is 4. The highest BCUT2D eigenvalue weighted by Gasteiger charge is 2.31. The van der Waals surface area contributed by atoms with Crippen molar-refractivity contribution in [3.63, 3.8) is 0 Å². The molecule has 3 aromatic carbocycles. The maximum Gasteiger partial charge on any atom is 0.416 e. The second-order valence-electron chi connectivity index (χ2n) is 6.72. The quantitative estimate of drug-likeness (QED) is 0.274. The molecule has 0 spiro atoms. The van der Waals surface area contributed by atoms with Crippen molar-refractivity contribution in [3.8, 4) is 11.5 Å². The summed E-state index contributed by atoms with van der Waals surface area (Å²) in [5, 5.41) is 2.69. The minimum Gasteiger partial charge on any atom is -0.454 e. The van der Waals surface area contributed by atoms with Gasteiger partial charge in [-0.05, 0) is 36.4 Å². The summed E-state index contributed by atoms with van der Waals surface area (Å²) in [6, 6.07) is 10.9. The van der Waals surface area contributed by atoms with Gasteiger partial charge in [-0.1, -0.05) is 11.6 Å². The maximum absolute atomic E-state index is 14.6. The van der Waals surface area contributed by atoms with Crippen molar-refractivity contribution >= 4 is 57.0 Å². The largest absolute Gasteiger partial charge is 0.454 e. The zero-order valence-corrected chi connectivity index (χ0v) is 17.2. The highest BCUT2D eigenvalue weighted by molar-refractivity contribution is 7.00. The van der Waals surface area contributed by atoms with Gasteiger partial charge < -0.3 is 15.0 Å². The first-order valence-corrected chi connectivity index (χ1v) is 10.1. The molecule has 0 saturated heterocycles. The molecule has 162 valence electrons. The molecule has 0 aliphatic heterocycles. The van der Waals surface area contributed by atoms with Crippen LogP contribution in [0.15, 0.2) is 48.5 Å². The van der Waals surface area contributed by atoms with E-state index in [1.165, 1.54) is 18.2 Å². The minimum atomic E-state index is -4.55. The molecule has 0 aliphatic rings. The second-order valence-corrected chi connectivity index (χ2v) is 7.66. The minimum absolute atomic E-state index is 0.0134. The van der Waals surface area contributed by atoms with Crippen LogP contribution in [-0.2, 0) is 6.18 Å². The van der Waals surface area contributed by atoms with Gasteiger partial charge in [0.2, 0.25) is 5.95 Å². The first-order chi connectivity index (χ1) is 15.3. The van der Waals surface area contributed by atoms with Crippen LogP contribution in [0.4, 0.5) is 29.2 Å². The van der Waals surface area contributed by atoms with E-state index in [1.807, 2.05) is 0 Å². The van der Waals surface area contributed by atoms with Crippen LogP contribution >= 0.6 is 23.3 Å². The summed E-state index contributed by atoms with van der Waals surface area (Å²) in [6.45, 7) is 0. The molecule has 2 aromatic heterocycles. The molecular weight excluding hydrogens is 470 g/mol. The van der Waals surface area contributed by atoms with Crippen LogP contribution in [0.5, 0.6) is 11.5 Å². The molecule has 0 bridgehead atoms. The van der Waals surface area contributed by atoms with Gasteiger partial charge >= 0.3 is 6.18 Å². The summed E-state index contributed by atoms with van der Waals surface area (Å²) < 4.78 is 67.3. The van der Waals surface area contributed by atoms with Crippen molar-refractivity contribution in [2.24, 2.45) is 0 Å². The molecular formula is C20H10ClF4N5OS. The number of benzene rings is 3. The first kappa shape index (κ1) is 20.5. The van der Waals surface area contributed by atoms with Crippen molar-refractivity contribution in [3.05, 3.63) is 64.9 Å². The second kappa shape index (κ2) is 7.61. The third kappa shape index (κ3) is 3.92. The van der Waals surface area contributed by atoms with E-state index in [4.69, 9.17) is 16.3 Å². The lowest BCUT2D eigenvalue weighted by atomic mass is 10.2. The Bertz CT molecular complexity index is 1470. The Morgan fingerprint density at radius 1 is 0.969 bits per heavy atom. The predicted octanol–water partition coefficient (Wildman–Crippen LogP) is 6.91. The number of ether oxygens (including phenoxy) is 1. The highest BCUT2D eigenvalue weighted by atomic mass is 35.5. The molecule has 5 rings (SSSR count). The summed E-state index contributed by atoms with van der Waals surface area (Å²) in [7, 11) is 0. The van der Waals surface area contributed by atoms with Gasteiger partial charge in [-0.3, -0.25) is 0 Å². The highest BCUT2D eigenvalue weighted by Crippen LogP contribution is 2.35. The van der Waals surface area contributed by atoms with Crippen molar-refractivity contribution in [1.29, 1.82) is 0 Å². The average molecular weight is 480 g/mol. The van der Waals surface area contributed by atoms with Crippen LogP contribution in [0.1, 0.15) is 5.56 Å². The monoisotopic (exact) mass is 479 g/mol. The fourth-order valence-electron chi connectivity index (χ4n) is 3.04. The number of imidazole rings is 1. The maximum atomic E-state index is 14.6. The van der Waals surface area contributed by atoms with E-state index in [2.05, 4.69) is 24.0 Å². The zero-order chi connectivity index (χ0) is 22.5. The number of aromatic amines is 1. The SMILES string of the molecule is Fc1cc(Nc2nc3cc(C(F)(F)F)cc(Cl)c3[nH]2)ccc1Oc1ccc2nsnc2c1. The molecule has 12 heteroatoms. The summed E-state index contributed by atoms with van der Waals surface area (Å²) in [4.78, 5) is 6.86. The molecule has 0 amide bonds. The lowest BCUT2D eigenvalue weighted by molar-refractivity contribution is -0.137. The van der Waals surface area contributed by atoms with Gasteiger partial charge in [-0.15, -0.1) is 0 Å². The predicted molar refractivity (Wildman–Crippen MR) is 113 cm³/mol. The fraction of sp³-hybridized carbons (Fsp3) is 0.0500. The third-order valence-electron chi connectivity index (χ3n) is 4.52. The Balaban J connectivity index is 1.38. The molecule has 5 aromatic rings. The topological polar surface area (TPSA) is 75.7 Å². The fourth-order valence-corrected chi connectivity index (χ4v) is 3.82. The Morgan fingerprint density at radius 3 is 2.56 bits per heavy atom. The van der Waals surface area contributed by atoms with Crippen LogP contribution in [0, 0.1) is 5.82 Å². The van der Waals surface area contributed by atoms with Crippen molar-refractivity contribution in [2.45, 2.75) is 6.18 Å². The molecule has 2 N–H and O–H groups in total. The number of hydrogen-bond acceptors (Lipinski definition) is 6. The number of nitrogens with zero attached hydrogens (tertiary/aromatic N) is 3. The number of hydrogen-bond donors (Lipinski definition) is 2. The van der Waals surface area contributed by atoms with E-state index in [0.717, 1.165) is 29.4 Å². The van der Waals surface area contributed by atoms with Gasteiger partial charge in [0.1, 0.15) is 16.8 Å². The van der Waals surface area contributed by atoms with E-state index >= 15 is 0 Å². The van der Waals surface area contributed by atoms with Crippen LogP contribution in [0.2, 0.25) is 5.02 Å². The van der Waals surface area contributed by atoms with Gasteiger partial charge in [-0.2, -0.15) is 21.9 Å². The molecule has 0 aliphatic carbocycles. The number of halogens is 5. The van der Waals surface area contributed by atoms with Gasteiger partial charge in [0, 0.05) is 17.8 Å². The molecule has 0 unspecified atom stereocenters. The number of alkyl halides is 3. The summed E-state index contributed by atoms with van der Waals surface area (Å²) in [6.07, 6.45) is -4.55. The molecule has 0 fully saturated rings. The molecule has 0 saturated carbocycles. The van der Waals surface area contributed by atoms with E-state index < -0.39 is 17.6 Å². The number of H-pyrrole nitrogens is 1. The van der Waals surface area contributed by atoms with Gasteiger partial charge in [0.15, 0.2) is 11.6 Å². The lowest BCUT2D eigenvalue weighted by Crippen LogP contribution is -2.04. The Labute approximate surface area is 186 Å². The van der Waals surface area contributed by atoms with Crippen molar-refractivity contribution in [1.82, 2.24) is 18.7 Å². The van der Waals surface area contributed by atoms with E-state index in [-0.39, 0.29) is 27.8 Å². The van der Waals surface area contributed by atoms with Gasteiger partial charge in [0.05, 0.1) is 33.3 Å². The molecule has 0 atom stereocenters. The van der Waals surface area contributed by atoms with Crippen molar-refractivity contribution < 1.29 is 22.3 Å². The van der Waals surface area contributed by atoms with E-state index in [9.17, 15) is 17.6 Å². The average Bonchev–Trinajstić information content (AvgIpc) is 3.35. The van der Waals surface area contributed by atoms with Crippen LogP contribution < -0.4 is 10.1 Å². The van der Waals surface area contributed by atoms with E-state index in [0.29, 0.717) is 17.0 Å². The molecule has 2 heterocycles. The molecule has 32 heavy (non-hydrogen) atoms. The number of aromatic nitrogens is 4. The van der Waals surface area contributed by atoms with Gasteiger partial charge in [-0.25, -0.2) is 9.37 Å². The van der Waals surface area contributed by atoms with Crippen LogP contribution in [0.25, 0.3) is 22.1 Å². The Morgan fingerprint density at radius 2 is 1.78 bits per heavy atom. The Hall–Kier alpha value is -3.44. The van der Waals surface area contributed by atoms with Crippen LogP contribution in [0.3, 0.4) is 0 Å². The van der Waals surface area contributed by atoms with Crippen LogP contribution in [-0.4, -0.2) is 18.7 Å². The summed E-state index contributed by atoms with van der Waals surface area (Å²) in [5.41, 5.74) is 1.01. The lowest BCUT2D eigenvalue weighted by Gasteiger charge is -2.09.